The Hall–Kier alpha value is -2.41. The van der Waals surface area contributed by atoms with E-state index in [-0.39, 0.29) is 17.7 Å². The van der Waals surface area contributed by atoms with E-state index in [0.29, 0.717) is 32.1 Å². The highest BCUT2D eigenvalue weighted by Gasteiger charge is 2.29. The van der Waals surface area contributed by atoms with E-state index < -0.39 is 0 Å². The van der Waals surface area contributed by atoms with Gasteiger partial charge in [0.15, 0.2) is 0 Å². The highest BCUT2D eigenvalue weighted by molar-refractivity contribution is 7.12. The number of hydrogen-bond acceptors (Lipinski definition) is 5. The Kier molecular flexibility index (Phi) is 6.22. The van der Waals surface area contributed by atoms with Gasteiger partial charge < -0.3 is 15.0 Å². The van der Waals surface area contributed by atoms with Crippen molar-refractivity contribution in [3.8, 4) is 5.88 Å². The van der Waals surface area contributed by atoms with Crippen LogP contribution in [0.1, 0.15) is 35.0 Å². The fourth-order valence-corrected chi connectivity index (χ4v) is 3.77. The standard InChI is InChI=1S/C19H23N3O3S/c1-2-25-18-14(6-3-9-20-18)12-21-17(23)15-7-4-10-22(13-15)19(24)16-8-5-11-26-16/h3,5-6,8-9,11,15H,2,4,7,10,12-13H2,1H3,(H,21,23)/t15-/m1/s1. The lowest BCUT2D eigenvalue weighted by atomic mass is 9.97. The molecule has 2 aromatic heterocycles. The van der Waals surface area contributed by atoms with E-state index in [0.717, 1.165) is 23.3 Å². The number of pyridine rings is 1. The first-order chi connectivity index (χ1) is 12.7. The molecular formula is C19H23N3O3S. The van der Waals surface area contributed by atoms with Crippen molar-refractivity contribution in [2.75, 3.05) is 19.7 Å². The summed E-state index contributed by atoms with van der Waals surface area (Å²) < 4.78 is 5.49. The monoisotopic (exact) mass is 373 g/mol. The first-order valence-electron chi connectivity index (χ1n) is 8.86. The van der Waals surface area contributed by atoms with Gasteiger partial charge in [-0.3, -0.25) is 9.59 Å². The lowest BCUT2D eigenvalue weighted by Crippen LogP contribution is -2.45. The molecule has 2 amide bonds. The molecule has 0 spiro atoms. The van der Waals surface area contributed by atoms with Crippen molar-refractivity contribution in [3.63, 3.8) is 0 Å². The number of nitrogens with zero attached hydrogens (tertiary/aromatic N) is 2. The van der Waals surface area contributed by atoms with Crippen LogP contribution in [0.4, 0.5) is 0 Å². The number of rotatable bonds is 6. The second kappa shape index (κ2) is 8.80. The van der Waals surface area contributed by atoms with E-state index in [1.807, 2.05) is 36.6 Å². The van der Waals surface area contributed by atoms with Crippen molar-refractivity contribution in [2.45, 2.75) is 26.3 Å². The lowest BCUT2D eigenvalue weighted by Gasteiger charge is -2.31. The molecule has 26 heavy (non-hydrogen) atoms. The van der Waals surface area contributed by atoms with E-state index in [4.69, 9.17) is 4.74 Å². The molecule has 0 aliphatic carbocycles. The molecule has 1 atom stereocenters. The summed E-state index contributed by atoms with van der Waals surface area (Å²) in [5, 5.41) is 4.86. The molecule has 3 rings (SSSR count). The van der Waals surface area contributed by atoms with Crippen molar-refractivity contribution in [1.29, 1.82) is 0 Å². The number of carbonyl (C=O) groups is 2. The maximum Gasteiger partial charge on any atom is 0.263 e. The molecule has 3 heterocycles. The average Bonchev–Trinajstić information content (AvgIpc) is 3.21. The van der Waals surface area contributed by atoms with Gasteiger partial charge >= 0.3 is 0 Å². The maximum absolute atomic E-state index is 12.6. The number of likely N-dealkylation sites (tertiary alicyclic amines) is 1. The summed E-state index contributed by atoms with van der Waals surface area (Å²) in [5.74, 6) is 0.358. The minimum atomic E-state index is -0.181. The lowest BCUT2D eigenvalue weighted by molar-refractivity contribution is -0.126. The quantitative estimate of drug-likeness (QED) is 0.845. The Morgan fingerprint density at radius 3 is 3.04 bits per heavy atom. The van der Waals surface area contributed by atoms with E-state index in [9.17, 15) is 9.59 Å². The van der Waals surface area contributed by atoms with Crippen LogP contribution in [-0.4, -0.2) is 41.4 Å². The van der Waals surface area contributed by atoms with Crippen molar-refractivity contribution in [3.05, 3.63) is 46.3 Å². The van der Waals surface area contributed by atoms with Crippen molar-refractivity contribution in [1.82, 2.24) is 15.2 Å². The predicted molar refractivity (Wildman–Crippen MR) is 100 cm³/mol. The SMILES string of the molecule is CCOc1ncccc1CNC(=O)[C@@H]1CCCN(C(=O)c2cccs2)C1. The second-order valence-corrected chi connectivity index (χ2v) is 7.13. The largest absolute Gasteiger partial charge is 0.478 e. The molecule has 0 bridgehead atoms. The third-order valence-electron chi connectivity index (χ3n) is 4.40. The molecule has 1 N–H and O–H groups in total. The zero-order valence-corrected chi connectivity index (χ0v) is 15.6. The van der Waals surface area contributed by atoms with Gasteiger partial charge in [-0.1, -0.05) is 12.1 Å². The van der Waals surface area contributed by atoms with Gasteiger partial charge in [0, 0.05) is 31.4 Å². The molecule has 2 aromatic rings. The third-order valence-corrected chi connectivity index (χ3v) is 5.25. The summed E-state index contributed by atoms with van der Waals surface area (Å²) in [4.78, 5) is 31.8. The number of thiophene rings is 1. The minimum Gasteiger partial charge on any atom is -0.478 e. The summed E-state index contributed by atoms with van der Waals surface area (Å²) in [6.07, 6.45) is 3.31. The van der Waals surface area contributed by atoms with Gasteiger partial charge in [-0.25, -0.2) is 4.98 Å². The fraction of sp³-hybridized carbons (Fsp3) is 0.421. The summed E-state index contributed by atoms with van der Waals surface area (Å²) >= 11 is 1.44. The molecule has 0 radical (unpaired) electrons. The Bertz CT molecular complexity index is 748. The van der Waals surface area contributed by atoms with Crippen LogP contribution in [0.2, 0.25) is 0 Å². The molecule has 1 saturated heterocycles. The van der Waals surface area contributed by atoms with Gasteiger partial charge in [0.05, 0.1) is 17.4 Å². The van der Waals surface area contributed by atoms with Crippen LogP contribution in [0.15, 0.2) is 35.8 Å². The van der Waals surface area contributed by atoms with Crippen LogP contribution in [0, 0.1) is 5.92 Å². The number of amides is 2. The average molecular weight is 373 g/mol. The van der Waals surface area contributed by atoms with Crippen molar-refractivity contribution >= 4 is 23.2 Å². The van der Waals surface area contributed by atoms with E-state index in [2.05, 4.69) is 10.3 Å². The first-order valence-corrected chi connectivity index (χ1v) is 9.74. The van der Waals surface area contributed by atoms with Gasteiger partial charge in [-0.05, 0) is 37.3 Å². The van der Waals surface area contributed by atoms with Gasteiger partial charge in [0.1, 0.15) is 0 Å². The number of carbonyl (C=O) groups excluding carboxylic acids is 2. The molecule has 1 aliphatic heterocycles. The van der Waals surface area contributed by atoms with Crippen molar-refractivity contribution in [2.24, 2.45) is 5.92 Å². The molecular weight excluding hydrogens is 350 g/mol. The van der Waals surface area contributed by atoms with Crippen LogP contribution in [0.25, 0.3) is 0 Å². The maximum atomic E-state index is 12.6. The molecule has 0 saturated carbocycles. The normalized spacial score (nSPS) is 17.0. The topological polar surface area (TPSA) is 71.5 Å². The van der Waals surface area contributed by atoms with Gasteiger partial charge in [-0.2, -0.15) is 0 Å². The van der Waals surface area contributed by atoms with Gasteiger partial charge in [-0.15, -0.1) is 11.3 Å². The minimum absolute atomic E-state index is 0.0170. The first kappa shape index (κ1) is 18.4. The van der Waals surface area contributed by atoms with E-state index >= 15 is 0 Å². The Balaban J connectivity index is 1.57. The summed E-state index contributed by atoms with van der Waals surface area (Å²) in [7, 11) is 0. The number of nitrogens with one attached hydrogen (secondary N) is 1. The Labute approximate surface area is 157 Å². The molecule has 7 heteroatoms. The molecule has 1 fully saturated rings. The van der Waals surface area contributed by atoms with E-state index in [1.165, 1.54) is 11.3 Å². The second-order valence-electron chi connectivity index (χ2n) is 6.19. The number of hydrogen-bond donors (Lipinski definition) is 1. The van der Waals surface area contributed by atoms with Crippen molar-refractivity contribution < 1.29 is 14.3 Å². The number of aromatic nitrogens is 1. The van der Waals surface area contributed by atoms with Crippen LogP contribution in [0.5, 0.6) is 5.88 Å². The summed E-state index contributed by atoms with van der Waals surface area (Å²) in [6, 6.07) is 7.42. The predicted octanol–water partition coefficient (Wildman–Crippen LogP) is 2.71. The Morgan fingerprint density at radius 1 is 1.38 bits per heavy atom. The van der Waals surface area contributed by atoms with Crippen LogP contribution in [0.3, 0.4) is 0 Å². The fourth-order valence-electron chi connectivity index (χ4n) is 3.08. The summed E-state index contributed by atoms with van der Waals surface area (Å²) in [5.41, 5.74) is 0.852. The molecule has 6 nitrogen and oxygen atoms in total. The third kappa shape index (κ3) is 4.40. The molecule has 138 valence electrons. The Morgan fingerprint density at radius 2 is 2.27 bits per heavy atom. The van der Waals surface area contributed by atoms with Crippen LogP contribution in [-0.2, 0) is 11.3 Å². The van der Waals surface area contributed by atoms with Gasteiger partial charge in [0.2, 0.25) is 11.8 Å². The number of ether oxygens (including phenoxy) is 1. The van der Waals surface area contributed by atoms with Crippen LogP contribution < -0.4 is 10.1 Å². The smallest absolute Gasteiger partial charge is 0.263 e. The zero-order chi connectivity index (χ0) is 18.4. The van der Waals surface area contributed by atoms with Gasteiger partial charge in [0.25, 0.3) is 5.91 Å². The highest BCUT2D eigenvalue weighted by atomic mass is 32.1. The molecule has 0 unspecified atom stereocenters. The highest BCUT2D eigenvalue weighted by Crippen LogP contribution is 2.21. The van der Waals surface area contributed by atoms with E-state index in [1.54, 1.807) is 11.1 Å². The molecule has 0 aromatic carbocycles. The summed E-state index contributed by atoms with van der Waals surface area (Å²) in [6.45, 7) is 3.97. The molecule has 1 aliphatic rings. The number of piperidine rings is 1. The zero-order valence-electron chi connectivity index (χ0n) is 14.8. The van der Waals surface area contributed by atoms with Crippen LogP contribution >= 0.6 is 11.3 Å².